The Hall–Kier alpha value is -1.30. The molecule has 0 saturated carbocycles. The van der Waals surface area contributed by atoms with Crippen molar-refractivity contribution >= 4 is 75.8 Å². The molecule has 0 aliphatic heterocycles. The van der Waals surface area contributed by atoms with Gasteiger partial charge in [-0.3, -0.25) is 4.79 Å². The van der Waals surface area contributed by atoms with E-state index in [9.17, 15) is 9.90 Å². The second kappa shape index (κ2) is 10.5. The maximum absolute atomic E-state index is 12.0. The Labute approximate surface area is 194 Å². The van der Waals surface area contributed by atoms with Gasteiger partial charge >= 0.3 is 0 Å². The van der Waals surface area contributed by atoms with Gasteiger partial charge in [0.25, 0.3) is 5.91 Å². The van der Waals surface area contributed by atoms with Gasteiger partial charge in [0, 0.05) is 10.0 Å². The fraction of sp³-hybridized carbons (Fsp3) is 0.176. The molecule has 0 heterocycles. The highest BCUT2D eigenvalue weighted by molar-refractivity contribution is 9.11. The molecule has 2 rings (SSSR count). The van der Waals surface area contributed by atoms with Crippen LogP contribution in [-0.4, -0.2) is 38.1 Å². The van der Waals surface area contributed by atoms with Crippen LogP contribution in [0.2, 0.25) is 0 Å². The molecule has 2 N–H and O–H groups in total. The molecular weight excluding hydrogens is 632 g/mol. The van der Waals surface area contributed by atoms with E-state index in [0.29, 0.717) is 36.2 Å². The topological polar surface area (TPSA) is 89.4 Å². The molecule has 0 spiro atoms. The predicted molar refractivity (Wildman–Crippen MR) is 120 cm³/mol. The summed E-state index contributed by atoms with van der Waals surface area (Å²) < 4.78 is 18.3. The molecule has 2 aromatic rings. The Morgan fingerprint density at radius 1 is 1.11 bits per heavy atom. The van der Waals surface area contributed by atoms with Crippen molar-refractivity contribution in [1.82, 2.24) is 5.43 Å². The van der Waals surface area contributed by atoms with E-state index in [1.165, 1.54) is 20.4 Å². The van der Waals surface area contributed by atoms with Gasteiger partial charge in [-0.25, -0.2) is 5.43 Å². The molecule has 0 atom stereocenters. The number of rotatable bonds is 7. The molecule has 0 saturated heterocycles. The molecule has 28 heavy (non-hydrogen) atoms. The monoisotopic (exact) mass is 642 g/mol. The minimum Gasteiger partial charge on any atom is -0.506 e. The second-order valence-corrected chi connectivity index (χ2v) is 8.56. The number of benzene rings is 2. The van der Waals surface area contributed by atoms with Crippen molar-refractivity contribution in [2.75, 3.05) is 20.8 Å². The third-order valence-electron chi connectivity index (χ3n) is 3.32. The first kappa shape index (κ1) is 23.0. The third kappa shape index (κ3) is 5.62. The molecule has 150 valence electrons. The highest BCUT2D eigenvalue weighted by Crippen LogP contribution is 2.41. The minimum atomic E-state index is -0.487. The van der Waals surface area contributed by atoms with E-state index in [2.05, 4.69) is 74.2 Å². The van der Waals surface area contributed by atoms with E-state index in [4.69, 9.17) is 14.2 Å². The lowest BCUT2D eigenvalue weighted by molar-refractivity contribution is -0.123. The van der Waals surface area contributed by atoms with E-state index in [1.54, 1.807) is 18.2 Å². The number of halogens is 4. The molecule has 1 amide bonds. The quantitative estimate of drug-likeness (QED) is 0.327. The Balaban J connectivity index is 2.02. The number of carbonyl (C=O) groups is 1. The Bertz CT molecular complexity index is 921. The number of aromatic hydroxyl groups is 1. The van der Waals surface area contributed by atoms with E-state index in [1.807, 2.05) is 0 Å². The van der Waals surface area contributed by atoms with E-state index < -0.39 is 5.91 Å². The highest BCUT2D eigenvalue weighted by Gasteiger charge is 2.15. The van der Waals surface area contributed by atoms with Crippen LogP contribution in [0.4, 0.5) is 0 Å². The van der Waals surface area contributed by atoms with Crippen LogP contribution in [0.15, 0.2) is 41.2 Å². The summed E-state index contributed by atoms with van der Waals surface area (Å²) in [5.74, 6) is 0.749. The molecule has 7 nitrogen and oxygen atoms in total. The standard InChI is InChI=1S/C17H14Br4N2O5/c1-26-12-5-9(18)4-11(20)16(12)28-7-13(24)23-22-6-8-3-10(19)17(27-2)14(21)15(8)25/h3-6,25H,7H2,1-2H3,(H,23,24). The average Bonchev–Trinajstić information content (AvgIpc) is 2.64. The van der Waals surface area contributed by atoms with Crippen molar-refractivity contribution in [2.24, 2.45) is 5.10 Å². The summed E-state index contributed by atoms with van der Waals surface area (Å²) in [5.41, 5.74) is 2.70. The van der Waals surface area contributed by atoms with Gasteiger partial charge in [-0.15, -0.1) is 0 Å². The Morgan fingerprint density at radius 2 is 1.79 bits per heavy atom. The van der Waals surface area contributed by atoms with Gasteiger partial charge in [-0.05, 0) is 66.0 Å². The zero-order valence-electron chi connectivity index (χ0n) is 14.6. The number of hydrazone groups is 1. The van der Waals surface area contributed by atoms with E-state index in [0.717, 1.165) is 4.47 Å². The van der Waals surface area contributed by atoms with Crippen LogP contribution in [-0.2, 0) is 4.79 Å². The number of amides is 1. The van der Waals surface area contributed by atoms with E-state index >= 15 is 0 Å². The van der Waals surface area contributed by atoms with Gasteiger partial charge < -0.3 is 19.3 Å². The minimum absolute atomic E-state index is 0.0715. The first-order valence-electron chi connectivity index (χ1n) is 7.51. The summed E-state index contributed by atoms with van der Waals surface area (Å²) in [6.45, 7) is -0.282. The van der Waals surface area contributed by atoms with Crippen LogP contribution >= 0.6 is 63.7 Å². The lowest BCUT2D eigenvalue weighted by atomic mass is 10.2. The summed E-state index contributed by atoms with van der Waals surface area (Å²) in [7, 11) is 2.99. The number of hydrogen-bond donors (Lipinski definition) is 2. The van der Waals surface area contributed by atoms with Crippen molar-refractivity contribution in [3.8, 4) is 23.0 Å². The maximum Gasteiger partial charge on any atom is 0.277 e. The van der Waals surface area contributed by atoms with Crippen molar-refractivity contribution in [3.05, 3.63) is 41.7 Å². The number of hydrogen-bond acceptors (Lipinski definition) is 6. The molecule has 0 aliphatic carbocycles. The molecule has 11 heteroatoms. The molecule has 0 aliphatic rings. The lowest BCUT2D eigenvalue weighted by Crippen LogP contribution is -2.24. The fourth-order valence-electron chi connectivity index (χ4n) is 2.07. The molecule has 0 unspecified atom stereocenters. The van der Waals surface area contributed by atoms with E-state index in [-0.39, 0.29) is 12.4 Å². The third-order valence-corrected chi connectivity index (χ3v) is 5.69. The molecule has 0 radical (unpaired) electrons. The van der Waals surface area contributed by atoms with Crippen molar-refractivity contribution in [3.63, 3.8) is 0 Å². The predicted octanol–water partition coefficient (Wildman–Crippen LogP) is 4.99. The number of phenolic OH excluding ortho intramolecular Hbond substituents is 1. The van der Waals surface area contributed by atoms with Gasteiger partial charge in [-0.1, -0.05) is 15.9 Å². The van der Waals surface area contributed by atoms with Crippen molar-refractivity contribution < 1.29 is 24.1 Å². The zero-order chi connectivity index (χ0) is 20.8. The average molecular weight is 646 g/mol. The molecule has 0 bridgehead atoms. The molecular formula is C17H14Br4N2O5. The lowest BCUT2D eigenvalue weighted by Gasteiger charge is -2.12. The highest BCUT2D eigenvalue weighted by atomic mass is 79.9. The summed E-state index contributed by atoms with van der Waals surface area (Å²) in [4.78, 5) is 12.0. The zero-order valence-corrected chi connectivity index (χ0v) is 20.9. The maximum atomic E-state index is 12.0. The summed E-state index contributed by atoms with van der Waals surface area (Å²) in [6.07, 6.45) is 1.30. The largest absolute Gasteiger partial charge is 0.506 e. The van der Waals surface area contributed by atoms with Crippen LogP contribution in [0, 0.1) is 0 Å². The van der Waals surface area contributed by atoms with Crippen molar-refractivity contribution in [1.29, 1.82) is 0 Å². The number of phenols is 1. The fourth-order valence-corrected chi connectivity index (χ4v) is 4.84. The number of methoxy groups -OCH3 is 2. The second-order valence-electron chi connectivity index (χ2n) is 5.14. The summed E-state index contributed by atoms with van der Waals surface area (Å²) in [5, 5.41) is 14.0. The summed E-state index contributed by atoms with van der Waals surface area (Å²) >= 11 is 13.3. The van der Waals surface area contributed by atoms with Gasteiger partial charge in [-0.2, -0.15) is 5.10 Å². The number of nitrogens with one attached hydrogen (secondary N) is 1. The van der Waals surface area contributed by atoms with Crippen molar-refractivity contribution in [2.45, 2.75) is 0 Å². The number of ether oxygens (including phenoxy) is 3. The van der Waals surface area contributed by atoms with Crippen LogP contribution in [0.25, 0.3) is 0 Å². The van der Waals surface area contributed by atoms with Gasteiger partial charge in [0.15, 0.2) is 23.9 Å². The number of nitrogens with zero attached hydrogens (tertiary/aromatic N) is 1. The van der Waals surface area contributed by atoms with Crippen LogP contribution in [0.5, 0.6) is 23.0 Å². The first-order valence-corrected chi connectivity index (χ1v) is 10.7. The SMILES string of the molecule is COc1cc(Br)cc(Br)c1OCC(=O)NN=Cc1cc(Br)c(OC)c(Br)c1O. The summed E-state index contributed by atoms with van der Waals surface area (Å²) in [6, 6.07) is 5.10. The first-order chi connectivity index (χ1) is 13.3. The Morgan fingerprint density at radius 3 is 2.43 bits per heavy atom. The van der Waals surface area contributed by atoms with Gasteiger partial charge in [0.2, 0.25) is 0 Å². The molecule has 0 aromatic heterocycles. The Kier molecular flexibility index (Phi) is 8.59. The van der Waals surface area contributed by atoms with Crippen LogP contribution in [0.1, 0.15) is 5.56 Å². The van der Waals surface area contributed by atoms with Gasteiger partial charge in [0.05, 0.1) is 29.4 Å². The molecule has 0 fully saturated rings. The smallest absolute Gasteiger partial charge is 0.277 e. The number of carbonyl (C=O) groups excluding carboxylic acids is 1. The van der Waals surface area contributed by atoms with Gasteiger partial charge in [0.1, 0.15) is 10.2 Å². The van der Waals surface area contributed by atoms with Crippen LogP contribution in [0.3, 0.4) is 0 Å². The molecule has 2 aromatic carbocycles. The van der Waals surface area contributed by atoms with Crippen LogP contribution < -0.4 is 19.6 Å². The normalized spacial score (nSPS) is 10.8.